The number of thiophene rings is 1. The van der Waals surface area contributed by atoms with Gasteiger partial charge in [0.15, 0.2) is 0 Å². The standard InChI is InChI=1S/C13H20N2O2S/c1-10(12-6-4-8-18-12)14-11-5-3-7-15(9-11)13(16)17-2/h4,6,8,10-11,14H,3,5,7,9H2,1-2H3/t10-,11-/m1/s1. The Balaban J connectivity index is 1.88. The van der Waals surface area contributed by atoms with Gasteiger partial charge >= 0.3 is 6.09 Å². The van der Waals surface area contributed by atoms with Crippen LogP contribution in [-0.4, -0.2) is 37.2 Å². The molecule has 1 N–H and O–H groups in total. The fourth-order valence-corrected chi connectivity index (χ4v) is 3.13. The van der Waals surface area contributed by atoms with Crippen molar-refractivity contribution >= 4 is 17.4 Å². The van der Waals surface area contributed by atoms with Crippen molar-refractivity contribution in [2.24, 2.45) is 0 Å². The third-order valence-corrected chi connectivity index (χ3v) is 4.36. The van der Waals surface area contributed by atoms with Gasteiger partial charge in [-0.1, -0.05) is 6.07 Å². The molecule has 2 rings (SSSR count). The molecule has 1 fully saturated rings. The second kappa shape index (κ2) is 6.20. The number of nitrogens with one attached hydrogen (secondary N) is 1. The summed E-state index contributed by atoms with van der Waals surface area (Å²) in [6.07, 6.45) is 1.93. The molecule has 2 heterocycles. The van der Waals surface area contributed by atoms with E-state index >= 15 is 0 Å². The van der Waals surface area contributed by atoms with Crippen molar-refractivity contribution in [3.63, 3.8) is 0 Å². The van der Waals surface area contributed by atoms with Crippen LogP contribution in [-0.2, 0) is 4.74 Å². The maximum atomic E-state index is 11.5. The Kier molecular flexibility index (Phi) is 4.60. The minimum absolute atomic E-state index is 0.217. The molecule has 0 aromatic carbocycles. The second-order valence-electron chi connectivity index (χ2n) is 4.66. The van der Waals surface area contributed by atoms with Gasteiger partial charge in [-0.15, -0.1) is 11.3 Å². The third kappa shape index (κ3) is 3.23. The Labute approximate surface area is 112 Å². The van der Waals surface area contributed by atoms with Gasteiger partial charge in [0.05, 0.1) is 7.11 Å². The first-order valence-corrected chi connectivity index (χ1v) is 7.21. The van der Waals surface area contributed by atoms with Crippen molar-refractivity contribution in [2.45, 2.75) is 31.8 Å². The molecule has 0 unspecified atom stereocenters. The Hall–Kier alpha value is -1.07. The van der Waals surface area contributed by atoms with Crippen LogP contribution in [0.4, 0.5) is 4.79 Å². The Bertz CT molecular complexity index is 380. The van der Waals surface area contributed by atoms with Gasteiger partial charge in [0.25, 0.3) is 0 Å². The summed E-state index contributed by atoms with van der Waals surface area (Å²) in [6, 6.07) is 4.91. The monoisotopic (exact) mass is 268 g/mol. The molecule has 1 aromatic rings. The van der Waals surface area contributed by atoms with E-state index in [1.807, 2.05) is 0 Å². The minimum atomic E-state index is -0.217. The average molecular weight is 268 g/mol. The zero-order valence-electron chi connectivity index (χ0n) is 10.9. The van der Waals surface area contributed by atoms with Gasteiger partial charge in [-0.2, -0.15) is 0 Å². The molecule has 0 saturated carbocycles. The number of carbonyl (C=O) groups is 1. The van der Waals surface area contributed by atoms with Crippen LogP contribution in [0.2, 0.25) is 0 Å². The van der Waals surface area contributed by atoms with E-state index in [2.05, 4.69) is 29.8 Å². The van der Waals surface area contributed by atoms with Gasteiger partial charge in [0, 0.05) is 30.1 Å². The quantitative estimate of drug-likeness (QED) is 0.916. The molecule has 0 bridgehead atoms. The van der Waals surface area contributed by atoms with Crippen LogP contribution >= 0.6 is 11.3 Å². The van der Waals surface area contributed by atoms with Crippen molar-refractivity contribution in [3.05, 3.63) is 22.4 Å². The van der Waals surface area contributed by atoms with E-state index in [1.54, 1.807) is 16.2 Å². The molecule has 18 heavy (non-hydrogen) atoms. The molecule has 5 heteroatoms. The molecule has 1 aromatic heterocycles. The highest BCUT2D eigenvalue weighted by molar-refractivity contribution is 7.10. The predicted octanol–water partition coefficient (Wildman–Crippen LogP) is 2.63. The smallest absolute Gasteiger partial charge is 0.409 e. The summed E-state index contributed by atoms with van der Waals surface area (Å²) < 4.78 is 4.78. The fraction of sp³-hybridized carbons (Fsp3) is 0.615. The summed E-state index contributed by atoms with van der Waals surface area (Å²) in [5.74, 6) is 0. The molecular weight excluding hydrogens is 248 g/mol. The second-order valence-corrected chi connectivity index (χ2v) is 5.64. The van der Waals surface area contributed by atoms with Crippen LogP contribution in [0.15, 0.2) is 17.5 Å². The molecule has 2 atom stereocenters. The van der Waals surface area contributed by atoms with Crippen LogP contribution in [0.25, 0.3) is 0 Å². The fourth-order valence-electron chi connectivity index (χ4n) is 2.38. The summed E-state index contributed by atoms with van der Waals surface area (Å²) in [7, 11) is 1.44. The maximum absolute atomic E-state index is 11.5. The van der Waals surface area contributed by atoms with Gasteiger partial charge in [0.2, 0.25) is 0 Å². The normalized spacial score (nSPS) is 21.7. The number of hydrogen-bond acceptors (Lipinski definition) is 4. The van der Waals surface area contributed by atoms with E-state index in [9.17, 15) is 4.79 Å². The SMILES string of the molecule is COC(=O)N1CCC[C@@H](N[C@H](C)c2cccs2)C1. The third-order valence-electron chi connectivity index (χ3n) is 3.31. The van der Waals surface area contributed by atoms with E-state index in [1.165, 1.54) is 12.0 Å². The molecular formula is C13H20N2O2S. The first kappa shape index (κ1) is 13.4. The number of ether oxygens (including phenoxy) is 1. The van der Waals surface area contributed by atoms with E-state index in [0.29, 0.717) is 12.1 Å². The molecule has 1 aliphatic heterocycles. The number of likely N-dealkylation sites (tertiary alicyclic amines) is 1. The highest BCUT2D eigenvalue weighted by atomic mass is 32.1. The molecule has 100 valence electrons. The lowest BCUT2D eigenvalue weighted by molar-refractivity contribution is 0.106. The summed E-state index contributed by atoms with van der Waals surface area (Å²) in [5, 5.41) is 5.68. The van der Waals surface area contributed by atoms with Crippen molar-refractivity contribution in [1.29, 1.82) is 0 Å². The molecule has 1 saturated heterocycles. The summed E-state index contributed by atoms with van der Waals surface area (Å²) >= 11 is 1.76. The van der Waals surface area contributed by atoms with Crippen molar-refractivity contribution in [2.75, 3.05) is 20.2 Å². The van der Waals surface area contributed by atoms with E-state index in [4.69, 9.17) is 4.74 Å². The summed E-state index contributed by atoms with van der Waals surface area (Å²) in [4.78, 5) is 14.6. The highest BCUT2D eigenvalue weighted by Crippen LogP contribution is 2.21. The lowest BCUT2D eigenvalue weighted by Gasteiger charge is -2.33. The van der Waals surface area contributed by atoms with Crippen LogP contribution in [0.1, 0.15) is 30.7 Å². The van der Waals surface area contributed by atoms with Crippen LogP contribution in [0, 0.1) is 0 Å². The van der Waals surface area contributed by atoms with Gasteiger partial charge in [-0.05, 0) is 31.2 Å². The minimum Gasteiger partial charge on any atom is -0.453 e. The first-order chi connectivity index (χ1) is 8.70. The molecule has 0 aliphatic carbocycles. The largest absolute Gasteiger partial charge is 0.453 e. The van der Waals surface area contributed by atoms with Gasteiger partial charge < -0.3 is 15.0 Å². The number of rotatable bonds is 3. The molecule has 0 radical (unpaired) electrons. The first-order valence-electron chi connectivity index (χ1n) is 6.33. The van der Waals surface area contributed by atoms with Crippen LogP contribution in [0.3, 0.4) is 0 Å². The van der Waals surface area contributed by atoms with Gasteiger partial charge in [0.1, 0.15) is 0 Å². The van der Waals surface area contributed by atoms with Gasteiger partial charge in [-0.25, -0.2) is 4.79 Å². The topological polar surface area (TPSA) is 41.6 Å². The Morgan fingerprint density at radius 2 is 2.50 bits per heavy atom. The molecule has 4 nitrogen and oxygen atoms in total. The number of nitrogens with zero attached hydrogens (tertiary/aromatic N) is 1. The lowest BCUT2D eigenvalue weighted by atomic mass is 10.0. The van der Waals surface area contributed by atoms with Crippen molar-refractivity contribution in [1.82, 2.24) is 10.2 Å². The lowest BCUT2D eigenvalue weighted by Crippen LogP contribution is -2.48. The zero-order valence-corrected chi connectivity index (χ0v) is 11.7. The molecule has 1 aliphatic rings. The number of hydrogen-bond donors (Lipinski definition) is 1. The van der Waals surface area contributed by atoms with E-state index in [0.717, 1.165) is 25.9 Å². The van der Waals surface area contributed by atoms with Gasteiger partial charge in [-0.3, -0.25) is 0 Å². The number of piperidine rings is 1. The molecule has 0 spiro atoms. The zero-order chi connectivity index (χ0) is 13.0. The van der Waals surface area contributed by atoms with Crippen molar-refractivity contribution in [3.8, 4) is 0 Å². The number of carbonyl (C=O) groups excluding carboxylic acids is 1. The number of methoxy groups -OCH3 is 1. The van der Waals surface area contributed by atoms with Crippen LogP contribution in [0.5, 0.6) is 0 Å². The average Bonchev–Trinajstić information content (AvgIpc) is 2.92. The van der Waals surface area contributed by atoms with E-state index in [-0.39, 0.29) is 6.09 Å². The molecule has 1 amide bonds. The Morgan fingerprint density at radius 1 is 1.67 bits per heavy atom. The maximum Gasteiger partial charge on any atom is 0.409 e. The number of amides is 1. The highest BCUT2D eigenvalue weighted by Gasteiger charge is 2.25. The Morgan fingerprint density at radius 3 is 3.17 bits per heavy atom. The predicted molar refractivity (Wildman–Crippen MR) is 72.9 cm³/mol. The van der Waals surface area contributed by atoms with Crippen molar-refractivity contribution < 1.29 is 9.53 Å². The van der Waals surface area contributed by atoms with E-state index < -0.39 is 0 Å². The van der Waals surface area contributed by atoms with Crippen LogP contribution < -0.4 is 5.32 Å². The summed E-state index contributed by atoms with van der Waals surface area (Å²) in [6.45, 7) is 3.71. The summed E-state index contributed by atoms with van der Waals surface area (Å²) in [5.41, 5.74) is 0.